The molecule has 5 heterocycles. The lowest BCUT2D eigenvalue weighted by Gasteiger charge is -2.49. The van der Waals surface area contributed by atoms with Crippen molar-refractivity contribution >= 4 is 5.71 Å². The molecule has 1 aromatic rings. The van der Waals surface area contributed by atoms with E-state index < -0.39 is 0 Å². The van der Waals surface area contributed by atoms with Crippen LogP contribution in [0.2, 0.25) is 0 Å². The average molecular weight is 231 g/mol. The molecule has 4 aliphatic heterocycles. The first kappa shape index (κ1) is 9.71. The van der Waals surface area contributed by atoms with Gasteiger partial charge in [0.2, 0.25) is 0 Å². The van der Waals surface area contributed by atoms with Crippen molar-refractivity contribution in [3.63, 3.8) is 0 Å². The molecule has 1 atom stereocenters. The second-order valence-corrected chi connectivity index (χ2v) is 5.51. The van der Waals surface area contributed by atoms with Gasteiger partial charge in [-0.25, -0.2) is 0 Å². The van der Waals surface area contributed by atoms with Gasteiger partial charge in [0.15, 0.2) is 5.60 Å². The number of nitrogens with one attached hydrogen (secondary N) is 1. The highest BCUT2D eigenvalue weighted by molar-refractivity contribution is 6.00. The molecule has 2 bridgehead atoms. The van der Waals surface area contributed by atoms with Gasteiger partial charge < -0.3 is 9.82 Å². The molecule has 3 saturated heterocycles. The van der Waals surface area contributed by atoms with Crippen LogP contribution in [0.4, 0.5) is 0 Å². The van der Waals surface area contributed by atoms with Crippen LogP contribution in [0, 0.1) is 5.92 Å². The van der Waals surface area contributed by atoms with E-state index in [4.69, 9.17) is 4.84 Å². The Bertz CT molecular complexity index is 445. The summed E-state index contributed by atoms with van der Waals surface area (Å²) in [4.78, 5) is 11.6. The fourth-order valence-electron chi connectivity index (χ4n) is 3.58. The largest absolute Gasteiger partial charge is 0.387 e. The third-order valence-electron chi connectivity index (χ3n) is 4.54. The molecule has 0 saturated carbocycles. The van der Waals surface area contributed by atoms with E-state index in [0.717, 1.165) is 24.4 Å². The van der Waals surface area contributed by atoms with Crippen LogP contribution >= 0.6 is 0 Å². The van der Waals surface area contributed by atoms with Gasteiger partial charge in [0, 0.05) is 25.1 Å². The second kappa shape index (κ2) is 3.35. The van der Waals surface area contributed by atoms with Crippen molar-refractivity contribution in [2.75, 3.05) is 19.6 Å². The standard InChI is InChI=1S/C13H17N3O/c1-2-11(14-5-1)12-8-13(17-15-12)9-16-6-3-10(13)4-7-16/h1-2,5,10,14H,3-4,6-9H2. The highest BCUT2D eigenvalue weighted by Crippen LogP contribution is 2.43. The van der Waals surface area contributed by atoms with Crippen LogP contribution in [0.5, 0.6) is 0 Å². The summed E-state index contributed by atoms with van der Waals surface area (Å²) in [7, 11) is 0. The normalized spacial score (nSPS) is 39.4. The lowest BCUT2D eigenvalue weighted by atomic mass is 9.73. The third kappa shape index (κ3) is 1.37. The first-order valence-electron chi connectivity index (χ1n) is 6.47. The minimum absolute atomic E-state index is 0.0169. The molecule has 3 fully saturated rings. The van der Waals surface area contributed by atoms with Crippen molar-refractivity contribution in [3.8, 4) is 0 Å². The summed E-state index contributed by atoms with van der Waals surface area (Å²) in [6.45, 7) is 3.55. The summed E-state index contributed by atoms with van der Waals surface area (Å²) in [6, 6.07) is 4.09. The van der Waals surface area contributed by atoms with Gasteiger partial charge in [0.1, 0.15) is 5.71 Å². The molecule has 1 unspecified atom stereocenters. The van der Waals surface area contributed by atoms with Crippen LogP contribution < -0.4 is 0 Å². The highest BCUT2D eigenvalue weighted by atomic mass is 16.7. The van der Waals surface area contributed by atoms with E-state index in [1.54, 1.807) is 0 Å². The van der Waals surface area contributed by atoms with Crippen molar-refractivity contribution in [2.45, 2.75) is 24.9 Å². The topological polar surface area (TPSA) is 40.6 Å². The first-order chi connectivity index (χ1) is 8.36. The molecule has 1 aromatic heterocycles. The number of H-pyrrole nitrogens is 1. The maximum Gasteiger partial charge on any atom is 0.158 e. The predicted octanol–water partition coefficient (Wildman–Crippen LogP) is 1.60. The molecule has 1 spiro atoms. The summed E-state index contributed by atoms with van der Waals surface area (Å²) in [5.74, 6) is 0.698. The summed E-state index contributed by atoms with van der Waals surface area (Å²) < 4.78 is 0. The smallest absolute Gasteiger partial charge is 0.158 e. The number of oxime groups is 1. The number of piperidine rings is 3. The van der Waals surface area contributed by atoms with Crippen molar-refractivity contribution in [1.29, 1.82) is 0 Å². The molecule has 4 aliphatic rings. The maximum atomic E-state index is 5.88. The predicted molar refractivity (Wildman–Crippen MR) is 64.9 cm³/mol. The van der Waals surface area contributed by atoms with E-state index >= 15 is 0 Å². The van der Waals surface area contributed by atoms with Crippen LogP contribution in [0.15, 0.2) is 23.5 Å². The molecular formula is C13H17N3O. The van der Waals surface area contributed by atoms with E-state index in [2.05, 4.69) is 21.1 Å². The zero-order chi connectivity index (χ0) is 11.3. The number of hydrogen-bond donors (Lipinski definition) is 1. The minimum atomic E-state index is -0.0169. The number of nitrogens with zero attached hydrogens (tertiary/aromatic N) is 2. The second-order valence-electron chi connectivity index (χ2n) is 5.51. The summed E-state index contributed by atoms with van der Waals surface area (Å²) in [5.41, 5.74) is 2.18. The van der Waals surface area contributed by atoms with E-state index in [1.807, 2.05) is 12.3 Å². The fraction of sp³-hybridized carbons (Fsp3) is 0.615. The Hall–Kier alpha value is -1.29. The van der Waals surface area contributed by atoms with E-state index in [-0.39, 0.29) is 5.60 Å². The van der Waals surface area contributed by atoms with Gasteiger partial charge in [-0.2, -0.15) is 0 Å². The summed E-state index contributed by atoms with van der Waals surface area (Å²) in [6.07, 6.45) is 5.45. The van der Waals surface area contributed by atoms with Crippen LogP contribution in [0.3, 0.4) is 0 Å². The van der Waals surface area contributed by atoms with E-state index in [9.17, 15) is 0 Å². The SMILES string of the molecule is c1c[nH]c(C2=NOC3(C2)CN2CCC3CC2)c1. The zero-order valence-corrected chi connectivity index (χ0v) is 9.85. The van der Waals surface area contributed by atoms with Crippen molar-refractivity contribution in [3.05, 3.63) is 24.0 Å². The molecule has 0 amide bonds. The van der Waals surface area contributed by atoms with Crippen LogP contribution in [-0.2, 0) is 4.84 Å². The molecule has 90 valence electrons. The number of aromatic nitrogens is 1. The quantitative estimate of drug-likeness (QED) is 0.797. The van der Waals surface area contributed by atoms with Crippen LogP contribution in [0.25, 0.3) is 0 Å². The number of fused-ring (bicyclic) bond motifs is 2. The number of rotatable bonds is 1. The fourth-order valence-corrected chi connectivity index (χ4v) is 3.58. The minimum Gasteiger partial charge on any atom is -0.387 e. The monoisotopic (exact) mass is 231 g/mol. The number of hydrogen-bond acceptors (Lipinski definition) is 3. The Morgan fingerprint density at radius 2 is 2.29 bits per heavy atom. The lowest BCUT2D eigenvalue weighted by Crippen LogP contribution is -2.59. The van der Waals surface area contributed by atoms with Gasteiger partial charge in [-0.1, -0.05) is 5.16 Å². The van der Waals surface area contributed by atoms with Gasteiger partial charge in [-0.15, -0.1) is 0 Å². The molecule has 17 heavy (non-hydrogen) atoms. The van der Waals surface area contributed by atoms with Crippen molar-refractivity contribution in [1.82, 2.24) is 9.88 Å². The Morgan fingerprint density at radius 1 is 1.41 bits per heavy atom. The van der Waals surface area contributed by atoms with Crippen LogP contribution in [0.1, 0.15) is 25.0 Å². The molecule has 5 rings (SSSR count). The van der Waals surface area contributed by atoms with E-state index in [0.29, 0.717) is 5.92 Å². The summed E-state index contributed by atoms with van der Waals surface area (Å²) >= 11 is 0. The van der Waals surface area contributed by atoms with Gasteiger partial charge >= 0.3 is 0 Å². The highest BCUT2D eigenvalue weighted by Gasteiger charge is 2.52. The Morgan fingerprint density at radius 3 is 2.94 bits per heavy atom. The average Bonchev–Trinajstić information content (AvgIpc) is 3.00. The molecule has 1 N–H and O–H groups in total. The number of aromatic amines is 1. The molecule has 4 heteroatoms. The van der Waals surface area contributed by atoms with Gasteiger partial charge in [-0.05, 0) is 38.1 Å². The molecule has 0 aromatic carbocycles. The Labute approximate surface area is 101 Å². The maximum absolute atomic E-state index is 5.88. The van der Waals surface area contributed by atoms with Gasteiger partial charge in [-0.3, -0.25) is 4.90 Å². The molecular weight excluding hydrogens is 214 g/mol. The zero-order valence-electron chi connectivity index (χ0n) is 9.85. The van der Waals surface area contributed by atoms with Crippen molar-refractivity contribution < 1.29 is 4.84 Å². The third-order valence-corrected chi connectivity index (χ3v) is 4.54. The molecule has 4 nitrogen and oxygen atoms in total. The Balaban J connectivity index is 1.60. The van der Waals surface area contributed by atoms with Crippen molar-refractivity contribution in [2.24, 2.45) is 11.1 Å². The van der Waals surface area contributed by atoms with Crippen LogP contribution in [-0.4, -0.2) is 40.8 Å². The van der Waals surface area contributed by atoms with Gasteiger partial charge in [0.05, 0.1) is 5.69 Å². The Kier molecular flexibility index (Phi) is 1.92. The van der Waals surface area contributed by atoms with E-state index in [1.165, 1.54) is 25.9 Å². The summed E-state index contributed by atoms with van der Waals surface area (Å²) in [5, 5.41) is 4.33. The molecule has 0 aliphatic carbocycles. The molecule has 0 radical (unpaired) electrons. The lowest BCUT2D eigenvalue weighted by molar-refractivity contribution is -0.136. The first-order valence-corrected chi connectivity index (χ1v) is 6.47. The van der Waals surface area contributed by atoms with Gasteiger partial charge in [0.25, 0.3) is 0 Å².